The van der Waals surface area contributed by atoms with Crippen LogP contribution in [0.2, 0.25) is 0 Å². The number of aryl methyl sites for hydroxylation is 1. The minimum atomic E-state index is -0.389. The molecule has 140 valence electrons. The van der Waals surface area contributed by atoms with E-state index in [-0.39, 0.29) is 17.7 Å². The fourth-order valence-corrected chi connectivity index (χ4v) is 3.78. The van der Waals surface area contributed by atoms with E-state index in [0.29, 0.717) is 31.6 Å². The Morgan fingerprint density at radius 1 is 1.26 bits per heavy atom. The van der Waals surface area contributed by atoms with E-state index in [1.807, 2.05) is 36.4 Å². The molecule has 1 aliphatic rings. The molecule has 2 heterocycles. The van der Waals surface area contributed by atoms with Crippen molar-refractivity contribution >= 4 is 32.9 Å². The Morgan fingerprint density at radius 3 is 3.00 bits per heavy atom. The van der Waals surface area contributed by atoms with Gasteiger partial charge in [-0.3, -0.25) is 9.36 Å². The lowest BCUT2D eigenvalue weighted by molar-refractivity contribution is -0.122. The van der Waals surface area contributed by atoms with E-state index in [1.54, 1.807) is 10.6 Å². The third-order valence-electron chi connectivity index (χ3n) is 4.71. The molecule has 0 radical (unpaired) electrons. The number of hydrogen-bond acceptors (Lipinski definition) is 4. The summed E-state index contributed by atoms with van der Waals surface area (Å²) in [6.45, 7) is 1.02. The minimum Gasteiger partial charge on any atom is -0.493 e. The first-order valence-electron chi connectivity index (χ1n) is 8.92. The fourth-order valence-electron chi connectivity index (χ4n) is 3.41. The number of carbonyl (C=O) groups is 1. The van der Waals surface area contributed by atoms with E-state index in [9.17, 15) is 9.59 Å². The predicted molar refractivity (Wildman–Crippen MR) is 105 cm³/mol. The highest BCUT2D eigenvalue weighted by molar-refractivity contribution is 9.10. The van der Waals surface area contributed by atoms with Gasteiger partial charge < -0.3 is 14.5 Å². The number of hydrogen-bond donors (Lipinski definition) is 1. The summed E-state index contributed by atoms with van der Waals surface area (Å²) in [5, 5.41) is 3.08. The van der Waals surface area contributed by atoms with E-state index < -0.39 is 0 Å². The number of amides is 1. The normalized spacial score (nSPS) is 16.0. The summed E-state index contributed by atoms with van der Waals surface area (Å²) < 4.78 is 13.4. The maximum absolute atomic E-state index is 12.4. The van der Waals surface area contributed by atoms with Gasteiger partial charge in [0.05, 0.1) is 18.2 Å². The van der Waals surface area contributed by atoms with Gasteiger partial charge in [-0.25, -0.2) is 4.79 Å². The Kier molecular flexibility index (Phi) is 5.03. The van der Waals surface area contributed by atoms with Crippen LogP contribution >= 0.6 is 15.9 Å². The zero-order chi connectivity index (χ0) is 18.8. The van der Waals surface area contributed by atoms with Crippen LogP contribution in [0.5, 0.6) is 5.75 Å². The summed E-state index contributed by atoms with van der Waals surface area (Å²) in [5.41, 5.74) is 2.31. The average Bonchev–Trinajstić information content (AvgIpc) is 2.98. The van der Waals surface area contributed by atoms with E-state index in [2.05, 4.69) is 21.2 Å². The number of benzene rings is 2. The van der Waals surface area contributed by atoms with Gasteiger partial charge in [-0.05, 0) is 36.8 Å². The molecule has 3 aromatic rings. The molecule has 1 N–H and O–H groups in total. The lowest BCUT2D eigenvalue weighted by Gasteiger charge is -2.27. The molecular formula is C20H19BrN2O4. The first-order valence-corrected chi connectivity index (χ1v) is 9.71. The highest BCUT2D eigenvalue weighted by Crippen LogP contribution is 2.34. The SMILES string of the molecule is O=C(CCCn1c(=O)oc2ccccc21)NC1CCOc2ccc(Br)cc21. The Morgan fingerprint density at radius 2 is 2.11 bits per heavy atom. The predicted octanol–water partition coefficient (Wildman–Crippen LogP) is 3.78. The summed E-state index contributed by atoms with van der Waals surface area (Å²) in [4.78, 5) is 24.4. The van der Waals surface area contributed by atoms with Gasteiger partial charge >= 0.3 is 5.76 Å². The second-order valence-electron chi connectivity index (χ2n) is 6.53. The Labute approximate surface area is 164 Å². The van der Waals surface area contributed by atoms with E-state index in [1.165, 1.54) is 0 Å². The summed E-state index contributed by atoms with van der Waals surface area (Å²) in [6.07, 6.45) is 1.64. The van der Waals surface area contributed by atoms with Gasteiger partial charge in [0.1, 0.15) is 5.75 Å². The first kappa shape index (κ1) is 17.9. The van der Waals surface area contributed by atoms with Crippen LogP contribution in [0.15, 0.2) is 56.1 Å². The molecule has 1 atom stereocenters. The van der Waals surface area contributed by atoms with E-state index in [4.69, 9.17) is 9.15 Å². The topological polar surface area (TPSA) is 73.5 Å². The number of para-hydroxylation sites is 2. The van der Waals surface area contributed by atoms with Crippen molar-refractivity contribution in [3.8, 4) is 5.75 Å². The van der Waals surface area contributed by atoms with Gasteiger partial charge in [-0.2, -0.15) is 0 Å². The molecule has 2 aromatic carbocycles. The molecule has 6 nitrogen and oxygen atoms in total. The number of rotatable bonds is 5. The molecule has 0 saturated heterocycles. The standard InChI is InChI=1S/C20H19BrN2O4/c21-13-7-8-17-14(12-13)15(9-11-26-17)22-19(24)6-3-10-23-16-4-1-2-5-18(16)27-20(23)25/h1-2,4-5,7-8,12,15H,3,6,9-11H2,(H,22,24). The molecule has 0 fully saturated rings. The van der Waals surface area contributed by atoms with E-state index in [0.717, 1.165) is 27.7 Å². The van der Waals surface area contributed by atoms with Crippen molar-refractivity contribution in [1.82, 2.24) is 9.88 Å². The first-order chi connectivity index (χ1) is 13.1. The number of fused-ring (bicyclic) bond motifs is 2. The molecule has 1 amide bonds. The van der Waals surface area contributed by atoms with Gasteiger partial charge in [0.2, 0.25) is 5.91 Å². The van der Waals surface area contributed by atoms with Gasteiger partial charge in [0.15, 0.2) is 5.58 Å². The van der Waals surface area contributed by atoms with Crippen LogP contribution in [-0.2, 0) is 11.3 Å². The minimum absolute atomic E-state index is 0.0336. The molecule has 0 spiro atoms. The highest BCUT2D eigenvalue weighted by atomic mass is 79.9. The summed E-state index contributed by atoms with van der Waals surface area (Å²) in [5.74, 6) is 0.389. The monoisotopic (exact) mass is 430 g/mol. The molecule has 27 heavy (non-hydrogen) atoms. The smallest absolute Gasteiger partial charge is 0.419 e. The molecule has 4 rings (SSSR count). The molecule has 7 heteroatoms. The van der Waals surface area contributed by atoms with Gasteiger partial charge in [-0.15, -0.1) is 0 Å². The van der Waals surface area contributed by atoms with Crippen LogP contribution in [0.4, 0.5) is 0 Å². The molecule has 0 saturated carbocycles. The van der Waals surface area contributed by atoms with Crippen molar-refractivity contribution in [1.29, 1.82) is 0 Å². The molecule has 0 bridgehead atoms. The molecule has 1 aromatic heterocycles. The maximum Gasteiger partial charge on any atom is 0.419 e. The van der Waals surface area contributed by atoms with Gasteiger partial charge in [-0.1, -0.05) is 28.1 Å². The van der Waals surface area contributed by atoms with Gasteiger partial charge in [0.25, 0.3) is 0 Å². The van der Waals surface area contributed by atoms with Crippen LogP contribution in [0.3, 0.4) is 0 Å². The Balaban J connectivity index is 1.38. The number of oxazole rings is 1. The lowest BCUT2D eigenvalue weighted by Crippen LogP contribution is -2.32. The Bertz CT molecular complexity index is 1040. The van der Waals surface area contributed by atoms with Crippen molar-refractivity contribution in [3.63, 3.8) is 0 Å². The number of nitrogens with zero attached hydrogens (tertiary/aromatic N) is 1. The molecule has 1 unspecified atom stereocenters. The number of ether oxygens (including phenoxy) is 1. The second-order valence-corrected chi connectivity index (χ2v) is 7.45. The van der Waals surface area contributed by atoms with Crippen molar-refractivity contribution < 1.29 is 13.9 Å². The van der Waals surface area contributed by atoms with Gasteiger partial charge in [0, 0.05) is 29.4 Å². The summed E-state index contributed by atoms with van der Waals surface area (Å²) in [6, 6.07) is 13.1. The largest absolute Gasteiger partial charge is 0.493 e. The van der Waals surface area contributed by atoms with E-state index >= 15 is 0 Å². The maximum atomic E-state index is 12.4. The second kappa shape index (κ2) is 7.60. The molecular weight excluding hydrogens is 412 g/mol. The van der Waals surface area contributed by atoms with Crippen LogP contribution in [-0.4, -0.2) is 17.1 Å². The van der Waals surface area contributed by atoms with Crippen LogP contribution in [0.1, 0.15) is 30.9 Å². The number of aromatic nitrogens is 1. The summed E-state index contributed by atoms with van der Waals surface area (Å²) in [7, 11) is 0. The average molecular weight is 431 g/mol. The molecule has 0 aliphatic carbocycles. The van der Waals surface area contributed by atoms with Crippen molar-refractivity contribution in [2.75, 3.05) is 6.61 Å². The fraction of sp³-hybridized carbons (Fsp3) is 0.300. The highest BCUT2D eigenvalue weighted by Gasteiger charge is 2.23. The zero-order valence-corrected chi connectivity index (χ0v) is 16.2. The zero-order valence-electron chi connectivity index (χ0n) is 14.6. The Hall–Kier alpha value is -2.54. The van der Waals surface area contributed by atoms with Crippen molar-refractivity contribution in [3.05, 3.63) is 63.1 Å². The number of nitrogens with one attached hydrogen (secondary N) is 1. The van der Waals surface area contributed by atoms with Crippen molar-refractivity contribution in [2.45, 2.75) is 31.8 Å². The van der Waals surface area contributed by atoms with Crippen molar-refractivity contribution in [2.24, 2.45) is 0 Å². The number of carbonyl (C=O) groups excluding carboxylic acids is 1. The third-order valence-corrected chi connectivity index (χ3v) is 5.20. The third kappa shape index (κ3) is 3.78. The summed E-state index contributed by atoms with van der Waals surface area (Å²) >= 11 is 3.47. The van der Waals surface area contributed by atoms with Crippen LogP contribution in [0, 0.1) is 0 Å². The van der Waals surface area contributed by atoms with Crippen LogP contribution < -0.4 is 15.8 Å². The molecule has 1 aliphatic heterocycles. The number of halogens is 1. The quantitative estimate of drug-likeness (QED) is 0.668. The van der Waals surface area contributed by atoms with Crippen LogP contribution in [0.25, 0.3) is 11.1 Å². The lowest BCUT2D eigenvalue weighted by atomic mass is 10.0.